The molecule has 2 aromatic carbocycles. The first-order valence-electron chi connectivity index (χ1n) is 8.81. The number of terminal acetylenes is 1. The molecule has 0 saturated heterocycles. The lowest BCUT2D eigenvalue weighted by Crippen LogP contribution is -1.96. The molecule has 3 rings (SSSR count). The molecular weight excluding hydrogens is 314 g/mol. The van der Waals surface area contributed by atoms with Crippen LogP contribution in [0.15, 0.2) is 72.8 Å². The Kier molecular flexibility index (Phi) is 5.34. The number of nitrogens with zero attached hydrogens (tertiary/aromatic N) is 1. The van der Waals surface area contributed by atoms with Crippen LogP contribution < -0.4 is 0 Å². The van der Waals surface area contributed by atoms with E-state index in [-0.39, 0.29) is 0 Å². The summed E-state index contributed by atoms with van der Waals surface area (Å²) in [6, 6.07) is 21.1. The zero-order valence-electron chi connectivity index (χ0n) is 15.4. The van der Waals surface area contributed by atoms with Gasteiger partial charge in [0.15, 0.2) is 0 Å². The highest BCUT2D eigenvalue weighted by Crippen LogP contribution is 2.32. The number of hydrogen-bond acceptors (Lipinski definition) is 1. The third-order valence-corrected chi connectivity index (χ3v) is 4.39. The monoisotopic (exact) mass is 337 g/mol. The van der Waals surface area contributed by atoms with Gasteiger partial charge in [-0.1, -0.05) is 60.7 Å². The normalized spacial score (nSPS) is 10.3. The van der Waals surface area contributed by atoms with Crippen molar-refractivity contribution >= 4 is 0 Å². The Hall–Kier alpha value is -3.11. The standard InChI is InChI=1S/C25H23N/c1-5-9-20-14-15-21(17-22(20)16-18(2)3)23-11-6-7-12-24(23)25-13-8-10-19(4)26-25/h1,6-8,10-15,17H,2,9,16H2,3-4H3. The smallest absolute Gasteiger partial charge is 0.0711 e. The van der Waals surface area contributed by atoms with Crippen molar-refractivity contribution in [1.82, 2.24) is 4.98 Å². The van der Waals surface area contributed by atoms with Crippen molar-refractivity contribution in [1.29, 1.82) is 0 Å². The molecule has 0 radical (unpaired) electrons. The van der Waals surface area contributed by atoms with Gasteiger partial charge in [0.25, 0.3) is 0 Å². The molecule has 0 atom stereocenters. The van der Waals surface area contributed by atoms with Crippen LogP contribution in [-0.4, -0.2) is 4.98 Å². The van der Waals surface area contributed by atoms with E-state index in [1.165, 1.54) is 22.3 Å². The van der Waals surface area contributed by atoms with E-state index >= 15 is 0 Å². The highest BCUT2D eigenvalue weighted by molar-refractivity contribution is 5.82. The third-order valence-electron chi connectivity index (χ3n) is 4.39. The molecule has 0 bridgehead atoms. The zero-order valence-corrected chi connectivity index (χ0v) is 15.4. The lowest BCUT2D eigenvalue weighted by Gasteiger charge is -2.14. The van der Waals surface area contributed by atoms with Crippen LogP contribution in [0.3, 0.4) is 0 Å². The molecular formula is C25H23N. The minimum Gasteiger partial charge on any atom is -0.253 e. The van der Waals surface area contributed by atoms with Crippen molar-refractivity contribution in [2.75, 3.05) is 0 Å². The average Bonchev–Trinajstić information content (AvgIpc) is 2.63. The number of pyridine rings is 1. The van der Waals surface area contributed by atoms with Gasteiger partial charge in [-0.2, -0.15) is 0 Å². The Labute approximate surface area is 156 Å². The molecule has 0 aliphatic heterocycles. The van der Waals surface area contributed by atoms with Gasteiger partial charge >= 0.3 is 0 Å². The number of allylic oxidation sites excluding steroid dienone is 1. The van der Waals surface area contributed by atoms with Gasteiger partial charge < -0.3 is 0 Å². The van der Waals surface area contributed by atoms with Crippen molar-refractivity contribution in [2.24, 2.45) is 0 Å². The van der Waals surface area contributed by atoms with E-state index < -0.39 is 0 Å². The van der Waals surface area contributed by atoms with Crippen molar-refractivity contribution in [3.63, 3.8) is 0 Å². The van der Waals surface area contributed by atoms with Crippen LogP contribution in [0.1, 0.15) is 23.7 Å². The fourth-order valence-corrected chi connectivity index (χ4v) is 3.22. The largest absolute Gasteiger partial charge is 0.253 e. The first-order valence-corrected chi connectivity index (χ1v) is 8.81. The summed E-state index contributed by atoms with van der Waals surface area (Å²) in [6.07, 6.45) is 7.03. The second-order valence-electron chi connectivity index (χ2n) is 6.71. The maximum Gasteiger partial charge on any atom is 0.0711 e. The molecule has 1 heteroatoms. The number of benzene rings is 2. The Morgan fingerprint density at radius 2 is 1.77 bits per heavy atom. The van der Waals surface area contributed by atoms with E-state index in [1.54, 1.807) is 0 Å². The van der Waals surface area contributed by atoms with Crippen LogP contribution in [-0.2, 0) is 12.8 Å². The van der Waals surface area contributed by atoms with E-state index in [9.17, 15) is 0 Å². The van der Waals surface area contributed by atoms with Crippen LogP contribution in [0, 0.1) is 19.3 Å². The molecule has 0 unspecified atom stereocenters. The minimum absolute atomic E-state index is 0.643. The van der Waals surface area contributed by atoms with Gasteiger partial charge in [-0.3, -0.25) is 4.98 Å². The summed E-state index contributed by atoms with van der Waals surface area (Å²) in [5.41, 5.74) is 9.10. The molecule has 0 aliphatic carbocycles. The molecule has 1 aromatic heterocycles. The molecule has 0 saturated carbocycles. The van der Waals surface area contributed by atoms with Gasteiger partial charge in [-0.25, -0.2) is 0 Å². The fraction of sp³-hybridized carbons (Fsp3) is 0.160. The lowest BCUT2D eigenvalue weighted by molar-refractivity contribution is 1.10. The van der Waals surface area contributed by atoms with Crippen LogP contribution >= 0.6 is 0 Å². The van der Waals surface area contributed by atoms with Crippen LogP contribution in [0.5, 0.6) is 0 Å². The molecule has 0 N–H and O–H groups in total. The van der Waals surface area contributed by atoms with Crippen LogP contribution in [0.25, 0.3) is 22.4 Å². The van der Waals surface area contributed by atoms with E-state index in [2.05, 4.69) is 74.0 Å². The van der Waals surface area contributed by atoms with Crippen molar-refractivity contribution in [3.05, 3.63) is 89.6 Å². The van der Waals surface area contributed by atoms with Crippen LogP contribution in [0.4, 0.5) is 0 Å². The maximum absolute atomic E-state index is 5.54. The molecule has 1 nitrogen and oxygen atoms in total. The number of hydrogen-bond donors (Lipinski definition) is 0. The van der Waals surface area contributed by atoms with E-state index in [0.29, 0.717) is 6.42 Å². The summed E-state index contributed by atoms with van der Waals surface area (Å²) < 4.78 is 0. The summed E-state index contributed by atoms with van der Waals surface area (Å²) in [6.45, 7) is 8.14. The highest BCUT2D eigenvalue weighted by Gasteiger charge is 2.11. The van der Waals surface area contributed by atoms with E-state index in [1.807, 2.05) is 13.0 Å². The van der Waals surface area contributed by atoms with Crippen LogP contribution in [0.2, 0.25) is 0 Å². The quantitative estimate of drug-likeness (QED) is 0.410. The molecule has 0 spiro atoms. The van der Waals surface area contributed by atoms with Crippen molar-refractivity contribution in [3.8, 4) is 34.7 Å². The average molecular weight is 337 g/mol. The van der Waals surface area contributed by atoms with Crippen molar-refractivity contribution < 1.29 is 0 Å². The summed E-state index contributed by atoms with van der Waals surface area (Å²) in [5, 5.41) is 0. The maximum atomic E-state index is 5.54. The fourth-order valence-electron chi connectivity index (χ4n) is 3.22. The summed E-state index contributed by atoms with van der Waals surface area (Å²) in [4.78, 5) is 4.71. The predicted molar refractivity (Wildman–Crippen MR) is 111 cm³/mol. The number of aryl methyl sites for hydroxylation is 1. The first kappa shape index (κ1) is 17.7. The molecule has 1 heterocycles. The number of rotatable bonds is 5. The Bertz CT molecular complexity index is 989. The van der Waals surface area contributed by atoms with E-state index in [4.69, 9.17) is 11.4 Å². The van der Waals surface area contributed by atoms with Gasteiger partial charge in [-0.15, -0.1) is 12.3 Å². The number of aromatic nitrogens is 1. The molecule has 128 valence electrons. The van der Waals surface area contributed by atoms with Crippen molar-refractivity contribution in [2.45, 2.75) is 26.7 Å². The predicted octanol–water partition coefficient (Wildman–Crippen LogP) is 6.02. The topological polar surface area (TPSA) is 12.9 Å². The SMILES string of the molecule is C#CCc1ccc(-c2ccccc2-c2cccc(C)n2)cc1CC(=C)C. The second kappa shape index (κ2) is 7.85. The van der Waals surface area contributed by atoms with Gasteiger partial charge in [0, 0.05) is 17.7 Å². The highest BCUT2D eigenvalue weighted by atomic mass is 14.7. The minimum atomic E-state index is 0.643. The van der Waals surface area contributed by atoms with Gasteiger partial charge in [0.05, 0.1) is 5.69 Å². The third kappa shape index (κ3) is 3.92. The lowest BCUT2D eigenvalue weighted by atomic mass is 9.91. The van der Waals surface area contributed by atoms with E-state index in [0.717, 1.165) is 28.9 Å². The molecule has 0 aliphatic rings. The Morgan fingerprint density at radius 1 is 1.00 bits per heavy atom. The molecule has 0 fully saturated rings. The van der Waals surface area contributed by atoms with Gasteiger partial charge in [0.1, 0.15) is 0 Å². The molecule has 26 heavy (non-hydrogen) atoms. The summed E-state index contributed by atoms with van der Waals surface area (Å²) in [7, 11) is 0. The zero-order chi connectivity index (χ0) is 18.5. The van der Waals surface area contributed by atoms with Gasteiger partial charge in [0.2, 0.25) is 0 Å². The molecule has 0 amide bonds. The summed E-state index contributed by atoms with van der Waals surface area (Å²) in [5.74, 6) is 2.76. The first-order chi connectivity index (χ1) is 12.6. The Morgan fingerprint density at radius 3 is 2.46 bits per heavy atom. The Balaban J connectivity index is 2.13. The van der Waals surface area contributed by atoms with Gasteiger partial charge in [-0.05, 0) is 54.7 Å². The second-order valence-corrected chi connectivity index (χ2v) is 6.71. The summed E-state index contributed by atoms with van der Waals surface area (Å²) >= 11 is 0. The molecule has 3 aromatic rings.